The molecule has 0 radical (unpaired) electrons. The van der Waals surface area contributed by atoms with E-state index in [0.717, 1.165) is 12.3 Å². The van der Waals surface area contributed by atoms with Crippen molar-refractivity contribution in [2.24, 2.45) is 5.92 Å². The lowest BCUT2D eigenvalue weighted by atomic mass is 10.0. The predicted molar refractivity (Wildman–Crippen MR) is 87.1 cm³/mol. The molecule has 2 aliphatic rings. The van der Waals surface area contributed by atoms with Gasteiger partial charge >= 0.3 is 0 Å². The largest absolute Gasteiger partial charge is 0.469 e. The highest BCUT2D eigenvalue weighted by Crippen LogP contribution is 2.28. The van der Waals surface area contributed by atoms with Gasteiger partial charge in [0.15, 0.2) is 0 Å². The summed E-state index contributed by atoms with van der Waals surface area (Å²) in [7, 11) is 0. The second-order valence-electron chi connectivity index (χ2n) is 6.75. The predicted octanol–water partition coefficient (Wildman–Crippen LogP) is 2.84. The fourth-order valence-corrected chi connectivity index (χ4v) is 3.72. The highest BCUT2D eigenvalue weighted by molar-refractivity contribution is 5.95. The number of amides is 2. The smallest absolute Gasteiger partial charge is 0.257 e. The third kappa shape index (κ3) is 3.77. The van der Waals surface area contributed by atoms with Crippen molar-refractivity contribution in [3.05, 3.63) is 23.7 Å². The molecule has 1 aliphatic carbocycles. The number of nitrogens with zero attached hydrogens (tertiary/aromatic N) is 2. The Morgan fingerprint density at radius 1 is 1.13 bits per heavy atom. The van der Waals surface area contributed by atoms with Gasteiger partial charge in [-0.3, -0.25) is 9.59 Å². The fourth-order valence-electron chi connectivity index (χ4n) is 3.72. The zero-order valence-corrected chi connectivity index (χ0v) is 13.9. The topological polar surface area (TPSA) is 53.8 Å². The minimum atomic E-state index is 0.00862. The van der Waals surface area contributed by atoms with Crippen LogP contribution < -0.4 is 0 Å². The lowest BCUT2D eigenvalue weighted by molar-refractivity contribution is -0.133. The second kappa shape index (κ2) is 7.20. The molecule has 5 nitrogen and oxygen atoms in total. The second-order valence-corrected chi connectivity index (χ2v) is 6.75. The molecule has 2 heterocycles. The number of furan rings is 1. The van der Waals surface area contributed by atoms with Gasteiger partial charge in [0.2, 0.25) is 5.91 Å². The van der Waals surface area contributed by atoms with Crippen LogP contribution in [0.2, 0.25) is 0 Å². The fraction of sp³-hybridized carbons (Fsp3) is 0.667. The molecule has 1 aliphatic heterocycles. The van der Waals surface area contributed by atoms with Crippen LogP contribution in [0.4, 0.5) is 0 Å². The number of hydrogen-bond donors (Lipinski definition) is 0. The minimum absolute atomic E-state index is 0.00862. The molecule has 0 unspecified atom stereocenters. The lowest BCUT2D eigenvalue weighted by Gasteiger charge is -2.35. The van der Waals surface area contributed by atoms with Crippen LogP contribution in [-0.2, 0) is 4.79 Å². The third-order valence-corrected chi connectivity index (χ3v) is 5.25. The lowest BCUT2D eigenvalue weighted by Crippen LogP contribution is -2.50. The highest BCUT2D eigenvalue weighted by atomic mass is 16.3. The van der Waals surface area contributed by atoms with Crippen molar-refractivity contribution >= 4 is 11.8 Å². The molecule has 1 saturated carbocycles. The van der Waals surface area contributed by atoms with Gasteiger partial charge in [0.05, 0.1) is 11.8 Å². The number of aryl methyl sites for hydroxylation is 1. The van der Waals surface area contributed by atoms with Crippen LogP contribution in [0.5, 0.6) is 0 Å². The molecule has 5 heteroatoms. The Morgan fingerprint density at radius 3 is 2.39 bits per heavy atom. The number of piperazine rings is 1. The number of carbonyl (C=O) groups excluding carboxylic acids is 2. The highest BCUT2D eigenvalue weighted by Gasteiger charge is 2.26. The molecule has 3 rings (SSSR count). The van der Waals surface area contributed by atoms with Crippen molar-refractivity contribution in [1.82, 2.24) is 9.80 Å². The van der Waals surface area contributed by atoms with Crippen LogP contribution >= 0.6 is 0 Å². The number of rotatable bonds is 4. The third-order valence-electron chi connectivity index (χ3n) is 5.25. The van der Waals surface area contributed by atoms with E-state index >= 15 is 0 Å². The summed E-state index contributed by atoms with van der Waals surface area (Å²) < 4.78 is 5.20. The first-order valence-electron chi connectivity index (χ1n) is 8.76. The van der Waals surface area contributed by atoms with E-state index in [1.807, 2.05) is 9.80 Å². The Balaban J connectivity index is 1.45. The quantitative estimate of drug-likeness (QED) is 0.858. The molecule has 0 N–H and O–H groups in total. The van der Waals surface area contributed by atoms with Crippen LogP contribution in [0.15, 0.2) is 16.7 Å². The zero-order chi connectivity index (χ0) is 16.2. The Labute approximate surface area is 137 Å². The maximum absolute atomic E-state index is 12.4. The van der Waals surface area contributed by atoms with Crippen molar-refractivity contribution in [2.45, 2.75) is 45.4 Å². The van der Waals surface area contributed by atoms with E-state index in [0.29, 0.717) is 43.9 Å². The average Bonchev–Trinajstić information content (AvgIpc) is 3.23. The van der Waals surface area contributed by atoms with Crippen molar-refractivity contribution < 1.29 is 14.0 Å². The average molecular weight is 318 g/mol. The SMILES string of the molecule is Cc1occc1C(=O)N1CCN(C(=O)CCC2CCCC2)CC1. The summed E-state index contributed by atoms with van der Waals surface area (Å²) in [5, 5.41) is 0. The van der Waals surface area contributed by atoms with Gasteiger partial charge in [0.25, 0.3) is 5.91 Å². The van der Waals surface area contributed by atoms with Gasteiger partial charge in [-0.1, -0.05) is 25.7 Å². The summed E-state index contributed by atoms with van der Waals surface area (Å²) in [6, 6.07) is 1.72. The summed E-state index contributed by atoms with van der Waals surface area (Å²) in [5.74, 6) is 1.67. The molecule has 1 saturated heterocycles. The summed E-state index contributed by atoms with van der Waals surface area (Å²) in [4.78, 5) is 28.5. The monoisotopic (exact) mass is 318 g/mol. The van der Waals surface area contributed by atoms with Crippen LogP contribution in [0, 0.1) is 12.8 Å². The molecule has 0 spiro atoms. The molecule has 0 atom stereocenters. The molecular weight excluding hydrogens is 292 g/mol. The first-order valence-corrected chi connectivity index (χ1v) is 8.76. The first-order chi connectivity index (χ1) is 11.1. The normalized spacial score (nSPS) is 19.3. The van der Waals surface area contributed by atoms with Crippen molar-refractivity contribution in [3.63, 3.8) is 0 Å². The summed E-state index contributed by atoms with van der Waals surface area (Å²) in [6.45, 7) is 4.31. The molecule has 0 aromatic carbocycles. The van der Waals surface area contributed by atoms with E-state index in [1.54, 1.807) is 19.3 Å². The van der Waals surface area contributed by atoms with Gasteiger partial charge in [0, 0.05) is 32.6 Å². The van der Waals surface area contributed by atoms with Crippen LogP contribution in [0.1, 0.15) is 54.6 Å². The first kappa shape index (κ1) is 16.1. The van der Waals surface area contributed by atoms with E-state index in [4.69, 9.17) is 4.42 Å². The zero-order valence-electron chi connectivity index (χ0n) is 13.9. The van der Waals surface area contributed by atoms with Gasteiger partial charge < -0.3 is 14.2 Å². The Morgan fingerprint density at radius 2 is 1.78 bits per heavy atom. The maximum Gasteiger partial charge on any atom is 0.257 e. The molecule has 0 bridgehead atoms. The van der Waals surface area contributed by atoms with E-state index in [-0.39, 0.29) is 11.8 Å². The number of hydrogen-bond acceptors (Lipinski definition) is 3. The standard InChI is InChI=1S/C18H26N2O3/c1-14-16(8-13-23-14)18(22)20-11-9-19(10-12-20)17(21)7-6-15-4-2-3-5-15/h8,13,15H,2-7,9-12H2,1H3. The Kier molecular flexibility index (Phi) is 5.03. The molecule has 126 valence electrons. The van der Waals surface area contributed by atoms with Crippen molar-refractivity contribution in [3.8, 4) is 0 Å². The van der Waals surface area contributed by atoms with Crippen LogP contribution in [0.25, 0.3) is 0 Å². The van der Waals surface area contributed by atoms with E-state index in [9.17, 15) is 9.59 Å². The van der Waals surface area contributed by atoms with Crippen molar-refractivity contribution in [2.75, 3.05) is 26.2 Å². The Bertz CT molecular complexity index is 552. The summed E-state index contributed by atoms with van der Waals surface area (Å²) >= 11 is 0. The molecule has 2 fully saturated rings. The van der Waals surface area contributed by atoms with Gasteiger partial charge in [-0.25, -0.2) is 0 Å². The minimum Gasteiger partial charge on any atom is -0.469 e. The molecule has 2 amide bonds. The van der Waals surface area contributed by atoms with E-state index in [2.05, 4.69) is 0 Å². The summed E-state index contributed by atoms with van der Waals surface area (Å²) in [5.41, 5.74) is 0.631. The van der Waals surface area contributed by atoms with Gasteiger partial charge in [0.1, 0.15) is 5.76 Å². The molecule has 23 heavy (non-hydrogen) atoms. The van der Waals surface area contributed by atoms with E-state index in [1.165, 1.54) is 25.7 Å². The number of carbonyl (C=O) groups is 2. The van der Waals surface area contributed by atoms with Crippen LogP contribution in [0.3, 0.4) is 0 Å². The van der Waals surface area contributed by atoms with Gasteiger partial charge in [-0.15, -0.1) is 0 Å². The maximum atomic E-state index is 12.4. The van der Waals surface area contributed by atoms with E-state index < -0.39 is 0 Å². The molecule has 1 aromatic rings. The molecule has 1 aromatic heterocycles. The van der Waals surface area contributed by atoms with Gasteiger partial charge in [-0.05, 0) is 25.3 Å². The molecular formula is C18H26N2O3. The van der Waals surface area contributed by atoms with Crippen LogP contribution in [-0.4, -0.2) is 47.8 Å². The van der Waals surface area contributed by atoms with Crippen molar-refractivity contribution in [1.29, 1.82) is 0 Å². The Hall–Kier alpha value is -1.78. The summed E-state index contributed by atoms with van der Waals surface area (Å²) in [6.07, 6.45) is 8.48. The van der Waals surface area contributed by atoms with Gasteiger partial charge in [-0.2, -0.15) is 0 Å².